The first-order chi connectivity index (χ1) is 13.4. The summed E-state index contributed by atoms with van der Waals surface area (Å²) in [5, 5.41) is 14.5. The molecule has 0 saturated heterocycles. The molecule has 28 heavy (non-hydrogen) atoms. The smallest absolute Gasteiger partial charge is 0.286 e. The van der Waals surface area contributed by atoms with Crippen molar-refractivity contribution in [1.82, 2.24) is 5.32 Å². The van der Waals surface area contributed by atoms with Gasteiger partial charge in [-0.15, -0.1) is 0 Å². The fraction of sp³-hybridized carbons (Fsp3) is 0.350. The van der Waals surface area contributed by atoms with E-state index in [1.807, 2.05) is 12.1 Å². The van der Waals surface area contributed by atoms with Crippen LogP contribution in [0.25, 0.3) is 0 Å². The Morgan fingerprint density at radius 1 is 1.32 bits per heavy atom. The maximum Gasteiger partial charge on any atom is 0.286 e. The van der Waals surface area contributed by atoms with Gasteiger partial charge in [0.05, 0.1) is 30.7 Å². The molecule has 1 atom stereocenters. The van der Waals surface area contributed by atoms with E-state index < -0.39 is 10.8 Å². The summed E-state index contributed by atoms with van der Waals surface area (Å²) in [7, 11) is 1.42. The van der Waals surface area contributed by atoms with Crippen molar-refractivity contribution in [3.63, 3.8) is 0 Å². The van der Waals surface area contributed by atoms with Crippen molar-refractivity contribution in [1.29, 1.82) is 0 Å². The molecule has 2 aromatic carbocycles. The van der Waals surface area contributed by atoms with E-state index in [1.54, 1.807) is 13.0 Å². The van der Waals surface area contributed by atoms with Crippen LogP contribution in [0.15, 0.2) is 30.3 Å². The van der Waals surface area contributed by atoms with Crippen LogP contribution in [-0.4, -0.2) is 24.5 Å². The van der Waals surface area contributed by atoms with Gasteiger partial charge >= 0.3 is 0 Å². The lowest BCUT2D eigenvalue weighted by atomic mass is 9.87. The van der Waals surface area contributed by atoms with E-state index in [1.165, 1.54) is 19.2 Å². The zero-order valence-electron chi connectivity index (χ0n) is 15.9. The van der Waals surface area contributed by atoms with E-state index in [0.29, 0.717) is 12.3 Å². The quantitative estimate of drug-likeness (QED) is 0.447. The molecule has 0 aromatic heterocycles. The van der Waals surface area contributed by atoms with E-state index in [4.69, 9.17) is 15.2 Å². The molecule has 8 heteroatoms. The molecule has 0 spiro atoms. The summed E-state index contributed by atoms with van der Waals surface area (Å²) in [5.74, 6) is -0.0242. The summed E-state index contributed by atoms with van der Waals surface area (Å²) in [6.07, 6.45) is 2.55. The summed E-state index contributed by atoms with van der Waals surface area (Å²) in [4.78, 5) is 23.9. The average Bonchev–Trinajstić information content (AvgIpc) is 2.67. The Kier molecular flexibility index (Phi) is 5.67. The zero-order chi connectivity index (χ0) is 20.3. The number of ether oxygens (including phenoxy) is 2. The number of nitrogen functional groups attached to an aromatic ring is 1. The molecule has 1 amide bonds. The standard InChI is InChI=1S/C20H23N3O5/c1-3-28-19-11-17(23(25)26)15(10-18(19)27-2)20(24)22-16-6-4-5-12-9-13(21)7-8-14(12)16/h7-11,16H,3-6,21H2,1-2H3,(H,22,24). The Labute approximate surface area is 162 Å². The van der Waals surface area contributed by atoms with Gasteiger partial charge in [-0.25, -0.2) is 0 Å². The van der Waals surface area contributed by atoms with Gasteiger partial charge < -0.3 is 20.5 Å². The summed E-state index contributed by atoms with van der Waals surface area (Å²) < 4.78 is 10.6. The summed E-state index contributed by atoms with van der Waals surface area (Å²) >= 11 is 0. The fourth-order valence-electron chi connectivity index (χ4n) is 3.53. The van der Waals surface area contributed by atoms with Crippen molar-refractivity contribution in [3.05, 3.63) is 57.1 Å². The first-order valence-electron chi connectivity index (χ1n) is 9.13. The van der Waals surface area contributed by atoms with E-state index >= 15 is 0 Å². The number of anilines is 1. The predicted molar refractivity (Wildman–Crippen MR) is 105 cm³/mol. The van der Waals surface area contributed by atoms with Crippen molar-refractivity contribution in [3.8, 4) is 11.5 Å². The van der Waals surface area contributed by atoms with E-state index in [2.05, 4.69) is 5.32 Å². The fourth-order valence-corrected chi connectivity index (χ4v) is 3.53. The predicted octanol–water partition coefficient (Wildman–Crippen LogP) is 3.39. The van der Waals surface area contributed by atoms with Crippen LogP contribution in [0.5, 0.6) is 11.5 Å². The molecule has 3 N–H and O–H groups in total. The highest BCUT2D eigenvalue weighted by Gasteiger charge is 2.28. The maximum atomic E-state index is 12.9. The summed E-state index contributed by atoms with van der Waals surface area (Å²) in [6.45, 7) is 2.08. The van der Waals surface area contributed by atoms with Crippen molar-refractivity contribution in [2.75, 3.05) is 19.5 Å². The molecule has 148 valence electrons. The van der Waals surface area contributed by atoms with Crippen LogP contribution in [-0.2, 0) is 6.42 Å². The van der Waals surface area contributed by atoms with Crippen molar-refractivity contribution >= 4 is 17.3 Å². The van der Waals surface area contributed by atoms with Crippen LogP contribution in [0.2, 0.25) is 0 Å². The third-order valence-corrected chi connectivity index (χ3v) is 4.81. The molecule has 8 nitrogen and oxygen atoms in total. The van der Waals surface area contributed by atoms with Crippen molar-refractivity contribution < 1.29 is 19.2 Å². The Morgan fingerprint density at radius 3 is 2.79 bits per heavy atom. The number of carbonyl (C=O) groups excluding carboxylic acids is 1. The number of hydrogen-bond donors (Lipinski definition) is 2. The molecular formula is C20H23N3O5. The van der Waals surface area contributed by atoms with Crippen LogP contribution in [0.3, 0.4) is 0 Å². The molecule has 1 aliphatic rings. The molecule has 0 radical (unpaired) electrons. The van der Waals surface area contributed by atoms with E-state index in [0.717, 1.165) is 30.4 Å². The van der Waals surface area contributed by atoms with Gasteiger partial charge in [0.25, 0.3) is 11.6 Å². The number of fused-ring (bicyclic) bond motifs is 1. The molecular weight excluding hydrogens is 362 g/mol. The number of nitrogens with two attached hydrogens (primary N) is 1. The van der Waals surface area contributed by atoms with Gasteiger partial charge in [-0.3, -0.25) is 14.9 Å². The van der Waals surface area contributed by atoms with E-state index in [-0.39, 0.29) is 28.8 Å². The van der Waals surface area contributed by atoms with Crippen LogP contribution in [0.4, 0.5) is 11.4 Å². The number of nitro benzene ring substituents is 1. The lowest BCUT2D eigenvalue weighted by molar-refractivity contribution is -0.385. The van der Waals surface area contributed by atoms with Crippen LogP contribution < -0.4 is 20.5 Å². The van der Waals surface area contributed by atoms with Crippen LogP contribution in [0.1, 0.15) is 47.3 Å². The number of aryl methyl sites for hydroxylation is 1. The Balaban J connectivity index is 1.94. The Morgan fingerprint density at radius 2 is 2.11 bits per heavy atom. The van der Waals surface area contributed by atoms with Gasteiger partial charge in [-0.2, -0.15) is 0 Å². The molecule has 1 unspecified atom stereocenters. The highest BCUT2D eigenvalue weighted by molar-refractivity contribution is 5.99. The van der Waals surface area contributed by atoms with Gasteiger partial charge in [0.2, 0.25) is 0 Å². The molecule has 3 rings (SSSR count). The highest BCUT2D eigenvalue weighted by Crippen LogP contribution is 2.36. The minimum Gasteiger partial charge on any atom is -0.493 e. The van der Waals surface area contributed by atoms with Crippen LogP contribution in [0, 0.1) is 10.1 Å². The van der Waals surface area contributed by atoms with Crippen molar-refractivity contribution in [2.45, 2.75) is 32.2 Å². The van der Waals surface area contributed by atoms with Gasteiger partial charge in [-0.1, -0.05) is 6.07 Å². The highest BCUT2D eigenvalue weighted by atomic mass is 16.6. The Hall–Kier alpha value is -3.29. The first kappa shape index (κ1) is 19.5. The van der Waals surface area contributed by atoms with E-state index in [9.17, 15) is 14.9 Å². The number of methoxy groups -OCH3 is 1. The summed E-state index contributed by atoms with van der Waals surface area (Å²) in [5.41, 5.74) is 8.24. The topological polar surface area (TPSA) is 117 Å². The van der Waals surface area contributed by atoms with Gasteiger partial charge in [0, 0.05) is 11.8 Å². The monoisotopic (exact) mass is 385 g/mol. The molecule has 0 fully saturated rings. The molecule has 0 heterocycles. The first-order valence-corrected chi connectivity index (χ1v) is 9.13. The van der Waals surface area contributed by atoms with Gasteiger partial charge in [0.1, 0.15) is 5.56 Å². The molecule has 0 saturated carbocycles. The Bertz CT molecular complexity index is 913. The number of nitrogens with zero attached hydrogens (tertiary/aromatic N) is 1. The second-order valence-corrected chi connectivity index (χ2v) is 6.59. The van der Waals surface area contributed by atoms with Gasteiger partial charge in [0.15, 0.2) is 11.5 Å². The minimum atomic E-state index is -0.591. The largest absolute Gasteiger partial charge is 0.493 e. The second-order valence-electron chi connectivity index (χ2n) is 6.59. The molecule has 1 aliphatic carbocycles. The average molecular weight is 385 g/mol. The second kappa shape index (κ2) is 8.16. The van der Waals surface area contributed by atoms with Gasteiger partial charge in [-0.05, 0) is 49.4 Å². The van der Waals surface area contributed by atoms with Crippen molar-refractivity contribution in [2.24, 2.45) is 0 Å². The number of amides is 1. The lowest BCUT2D eigenvalue weighted by Crippen LogP contribution is -2.31. The number of benzene rings is 2. The number of rotatable bonds is 6. The third-order valence-electron chi connectivity index (χ3n) is 4.81. The number of carbonyl (C=O) groups is 1. The molecule has 0 aliphatic heterocycles. The molecule has 0 bridgehead atoms. The molecule has 2 aromatic rings. The van der Waals surface area contributed by atoms with Crippen LogP contribution >= 0.6 is 0 Å². The minimum absolute atomic E-state index is 0.0622. The maximum absolute atomic E-state index is 12.9. The third kappa shape index (κ3) is 3.85. The zero-order valence-corrected chi connectivity index (χ0v) is 15.9. The lowest BCUT2D eigenvalue weighted by Gasteiger charge is -2.26. The SMILES string of the molecule is CCOc1cc([N+](=O)[O-])c(C(=O)NC2CCCc3cc(N)ccc32)cc1OC. The normalized spacial score (nSPS) is 15.4. The number of nitrogens with one attached hydrogen (secondary N) is 1. The summed E-state index contributed by atoms with van der Waals surface area (Å²) in [6, 6.07) is 7.97. The number of hydrogen-bond acceptors (Lipinski definition) is 6. The number of nitro groups is 1.